The van der Waals surface area contributed by atoms with Gasteiger partial charge in [-0.15, -0.1) is 11.3 Å². The summed E-state index contributed by atoms with van der Waals surface area (Å²) in [4.78, 5) is 15.7. The first-order chi connectivity index (χ1) is 11.1. The van der Waals surface area contributed by atoms with Gasteiger partial charge in [-0.05, 0) is 38.4 Å². The van der Waals surface area contributed by atoms with Crippen molar-refractivity contribution >= 4 is 17.3 Å². The minimum atomic E-state index is -0.510. The molecular formula is C16H18F2N2O2S. The molecule has 0 saturated heterocycles. The van der Waals surface area contributed by atoms with Gasteiger partial charge in [0.2, 0.25) is 0 Å². The molecule has 0 unspecified atom stereocenters. The van der Waals surface area contributed by atoms with Gasteiger partial charge >= 0.3 is 5.97 Å². The van der Waals surface area contributed by atoms with Crippen molar-refractivity contribution in [2.24, 2.45) is 0 Å². The van der Waals surface area contributed by atoms with E-state index < -0.39 is 17.6 Å². The van der Waals surface area contributed by atoms with Gasteiger partial charge in [0.1, 0.15) is 16.6 Å². The Labute approximate surface area is 137 Å². The molecule has 0 saturated carbocycles. The van der Waals surface area contributed by atoms with Gasteiger partial charge in [0, 0.05) is 17.5 Å². The average Bonchev–Trinajstić information content (AvgIpc) is 2.99. The van der Waals surface area contributed by atoms with Crippen molar-refractivity contribution in [3.63, 3.8) is 0 Å². The second kappa shape index (κ2) is 8.69. The first kappa shape index (κ1) is 17.5. The highest BCUT2D eigenvalue weighted by molar-refractivity contribution is 7.09. The summed E-state index contributed by atoms with van der Waals surface area (Å²) in [6, 6.07) is 3.88. The summed E-state index contributed by atoms with van der Waals surface area (Å²) in [7, 11) is 0. The zero-order valence-electron chi connectivity index (χ0n) is 12.8. The molecule has 0 atom stereocenters. The fourth-order valence-electron chi connectivity index (χ4n) is 2.05. The number of nitrogens with one attached hydrogen (secondary N) is 1. The van der Waals surface area contributed by atoms with E-state index in [9.17, 15) is 13.6 Å². The fraction of sp³-hybridized carbons (Fsp3) is 0.375. The molecular weight excluding hydrogens is 322 g/mol. The van der Waals surface area contributed by atoms with E-state index >= 15 is 0 Å². The predicted octanol–water partition coefficient (Wildman–Crippen LogP) is 3.32. The third-order valence-electron chi connectivity index (χ3n) is 3.15. The highest BCUT2D eigenvalue weighted by Crippen LogP contribution is 2.14. The maximum absolute atomic E-state index is 13.5. The van der Waals surface area contributed by atoms with Crippen molar-refractivity contribution in [2.75, 3.05) is 13.2 Å². The fourth-order valence-corrected chi connectivity index (χ4v) is 2.78. The second-order valence-corrected chi connectivity index (χ2v) is 5.77. The third kappa shape index (κ3) is 5.07. The molecule has 23 heavy (non-hydrogen) atoms. The third-order valence-corrected chi connectivity index (χ3v) is 4.00. The first-order valence-corrected chi connectivity index (χ1v) is 8.25. The number of rotatable bonds is 8. The molecule has 0 radical (unpaired) electrons. The maximum Gasteiger partial charge on any atom is 0.357 e. The first-order valence-electron chi connectivity index (χ1n) is 7.37. The molecule has 0 aliphatic carbocycles. The van der Waals surface area contributed by atoms with Crippen molar-refractivity contribution in [1.29, 1.82) is 0 Å². The topological polar surface area (TPSA) is 51.2 Å². The summed E-state index contributed by atoms with van der Waals surface area (Å²) >= 11 is 1.37. The lowest BCUT2D eigenvalue weighted by atomic mass is 10.1. The highest BCUT2D eigenvalue weighted by atomic mass is 32.1. The summed E-state index contributed by atoms with van der Waals surface area (Å²) < 4.78 is 31.8. The van der Waals surface area contributed by atoms with E-state index in [1.54, 1.807) is 12.3 Å². The molecule has 0 bridgehead atoms. The van der Waals surface area contributed by atoms with Crippen LogP contribution in [0.15, 0.2) is 23.6 Å². The molecule has 124 valence electrons. The van der Waals surface area contributed by atoms with Gasteiger partial charge in [0.25, 0.3) is 0 Å². The van der Waals surface area contributed by atoms with E-state index in [0.717, 1.165) is 5.01 Å². The highest BCUT2D eigenvalue weighted by Gasteiger charge is 2.11. The van der Waals surface area contributed by atoms with Crippen molar-refractivity contribution in [2.45, 2.75) is 26.3 Å². The van der Waals surface area contributed by atoms with Crippen LogP contribution in [0.5, 0.6) is 0 Å². The Balaban J connectivity index is 1.73. The van der Waals surface area contributed by atoms with Crippen LogP contribution in [-0.4, -0.2) is 24.1 Å². The van der Waals surface area contributed by atoms with Crippen LogP contribution in [0.25, 0.3) is 0 Å². The lowest BCUT2D eigenvalue weighted by molar-refractivity contribution is 0.0520. The lowest BCUT2D eigenvalue weighted by Crippen LogP contribution is -2.16. The second-order valence-electron chi connectivity index (χ2n) is 4.83. The van der Waals surface area contributed by atoms with Crippen LogP contribution >= 0.6 is 11.3 Å². The zero-order valence-corrected chi connectivity index (χ0v) is 13.6. The van der Waals surface area contributed by atoms with Gasteiger partial charge < -0.3 is 10.1 Å². The van der Waals surface area contributed by atoms with Crippen LogP contribution in [-0.2, 0) is 17.7 Å². The molecule has 4 nitrogen and oxygen atoms in total. The molecule has 1 heterocycles. The number of aromatic nitrogens is 1. The minimum Gasteiger partial charge on any atom is -0.461 e. The van der Waals surface area contributed by atoms with Gasteiger partial charge in [0.05, 0.1) is 6.61 Å². The average molecular weight is 340 g/mol. The molecule has 0 aliphatic rings. The van der Waals surface area contributed by atoms with Crippen LogP contribution in [0, 0.1) is 11.6 Å². The number of carbonyl (C=O) groups excluding carboxylic acids is 1. The Morgan fingerprint density at radius 2 is 2.09 bits per heavy atom. The van der Waals surface area contributed by atoms with Crippen LogP contribution in [0.2, 0.25) is 0 Å². The molecule has 0 fully saturated rings. The Hall–Kier alpha value is -1.86. The number of esters is 1. The molecule has 2 aromatic rings. The SMILES string of the molecule is CCOC(=O)c1csc(CNCCCc2c(F)cccc2F)n1. The van der Waals surface area contributed by atoms with E-state index in [4.69, 9.17) is 4.74 Å². The number of hydrogen-bond donors (Lipinski definition) is 1. The van der Waals surface area contributed by atoms with Crippen LogP contribution in [0.3, 0.4) is 0 Å². The van der Waals surface area contributed by atoms with Crippen LogP contribution in [0.1, 0.15) is 34.4 Å². The van der Waals surface area contributed by atoms with Crippen LogP contribution in [0.4, 0.5) is 8.78 Å². The monoisotopic (exact) mass is 340 g/mol. The molecule has 2 rings (SSSR count). The van der Waals surface area contributed by atoms with E-state index in [1.807, 2.05) is 0 Å². The van der Waals surface area contributed by atoms with Crippen molar-refractivity contribution < 1.29 is 18.3 Å². The van der Waals surface area contributed by atoms with Gasteiger partial charge in [-0.3, -0.25) is 0 Å². The number of halogens is 2. The molecule has 0 aliphatic heterocycles. The Morgan fingerprint density at radius 3 is 2.78 bits per heavy atom. The van der Waals surface area contributed by atoms with E-state index in [2.05, 4.69) is 10.3 Å². The number of hydrogen-bond acceptors (Lipinski definition) is 5. The minimum absolute atomic E-state index is 0.119. The molecule has 0 amide bonds. The maximum atomic E-state index is 13.5. The van der Waals surface area contributed by atoms with Crippen molar-refractivity contribution in [3.05, 3.63) is 51.5 Å². The van der Waals surface area contributed by atoms with Gasteiger partial charge in [-0.25, -0.2) is 18.6 Å². The summed E-state index contributed by atoms with van der Waals surface area (Å²) in [5, 5.41) is 5.57. The number of ether oxygens (including phenoxy) is 1. The normalized spacial score (nSPS) is 10.7. The van der Waals surface area contributed by atoms with Gasteiger partial charge in [-0.2, -0.15) is 0 Å². The standard InChI is InChI=1S/C16H18F2N2O2S/c1-2-22-16(21)14-10-23-15(20-14)9-19-8-4-5-11-12(17)6-3-7-13(11)18/h3,6-7,10,19H,2,4-5,8-9H2,1H3. The molecule has 1 N–H and O–H groups in total. The molecule has 7 heteroatoms. The van der Waals surface area contributed by atoms with E-state index in [1.165, 1.54) is 29.5 Å². The van der Waals surface area contributed by atoms with Crippen LogP contribution < -0.4 is 5.32 Å². The number of carbonyl (C=O) groups is 1. The number of thiazole rings is 1. The molecule has 0 spiro atoms. The van der Waals surface area contributed by atoms with E-state index in [-0.39, 0.29) is 5.56 Å². The number of nitrogens with zero attached hydrogens (tertiary/aromatic N) is 1. The summed E-state index contributed by atoms with van der Waals surface area (Å²) in [6.45, 7) is 3.16. The summed E-state index contributed by atoms with van der Waals surface area (Å²) in [5.41, 5.74) is 0.426. The van der Waals surface area contributed by atoms with E-state index in [0.29, 0.717) is 38.2 Å². The van der Waals surface area contributed by atoms with Gasteiger partial charge in [-0.1, -0.05) is 6.07 Å². The molecule has 1 aromatic heterocycles. The zero-order chi connectivity index (χ0) is 16.7. The summed E-state index contributed by atoms with van der Waals surface area (Å²) in [6.07, 6.45) is 0.936. The quantitative estimate of drug-likeness (QED) is 0.592. The Kier molecular flexibility index (Phi) is 6.61. The largest absolute Gasteiger partial charge is 0.461 e. The molecule has 1 aromatic carbocycles. The Bertz CT molecular complexity index is 641. The predicted molar refractivity (Wildman–Crippen MR) is 84.5 cm³/mol. The smallest absolute Gasteiger partial charge is 0.357 e. The summed E-state index contributed by atoms with van der Waals surface area (Å²) in [5.74, 6) is -1.45. The van der Waals surface area contributed by atoms with Gasteiger partial charge in [0.15, 0.2) is 5.69 Å². The van der Waals surface area contributed by atoms with Crippen molar-refractivity contribution in [1.82, 2.24) is 10.3 Å². The van der Waals surface area contributed by atoms with Crippen molar-refractivity contribution in [3.8, 4) is 0 Å². The Morgan fingerprint density at radius 1 is 1.35 bits per heavy atom. The lowest BCUT2D eigenvalue weighted by Gasteiger charge is -2.05. The number of benzene rings is 1.